The molecule has 0 aromatic heterocycles. The van der Waals surface area contributed by atoms with Crippen molar-refractivity contribution < 1.29 is 34.3 Å². The minimum atomic E-state index is -2.60. The zero-order chi connectivity index (χ0) is 27.3. The monoisotopic (exact) mass is 539 g/mol. The van der Waals surface area contributed by atoms with E-state index in [1.165, 1.54) is 4.90 Å². The van der Waals surface area contributed by atoms with Gasteiger partial charge in [0.05, 0.1) is 25.3 Å². The predicted molar refractivity (Wildman–Crippen MR) is 134 cm³/mol. The fraction of sp³-hybridized carbons (Fsp3) is 0.560. The molecular formula is C25H31N8O6+. The largest absolute Gasteiger partial charge is 0.492 e. The fourth-order valence-electron chi connectivity index (χ4n) is 7.01. The number of fused-ring (bicyclic) bond motifs is 2. The number of aliphatic hydroxyl groups is 2. The molecule has 6 aliphatic rings. The van der Waals surface area contributed by atoms with Crippen LogP contribution < -0.4 is 31.8 Å². The minimum absolute atomic E-state index is 0.0405. The van der Waals surface area contributed by atoms with Crippen LogP contribution in [0.1, 0.15) is 48.0 Å². The second-order valence-corrected chi connectivity index (χ2v) is 11.3. The number of nitrogens with two attached hydrogens (primary N) is 2. The summed E-state index contributed by atoms with van der Waals surface area (Å²) in [4.78, 5) is 48.2. The van der Waals surface area contributed by atoms with Gasteiger partial charge in [-0.05, 0) is 25.3 Å². The van der Waals surface area contributed by atoms with Gasteiger partial charge in [0.2, 0.25) is 17.6 Å². The molecule has 3 amide bonds. The van der Waals surface area contributed by atoms with Crippen molar-refractivity contribution in [3.05, 3.63) is 29.3 Å². The van der Waals surface area contributed by atoms with E-state index in [2.05, 4.69) is 20.6 Å². The number of nitrogens with zero attached hydrogens (tertiary/aromatic N) is 3. The molecule has 1 unspecified atom stereocenters. The molecule has 3 fully saturated rings. The van der Waals surface area contributed by atoms with Gasteiger partial charge in [-0.3, -0.25) is 34.9 Å². The third kappa shape index (κ3) is 3.18. The summed E-state index contributed by atoms with van der Waals surface area (Å²) in [6, 6.07) is 2.51. The van der Waals surface area contributed by atoms with Crippen LogP contribution in [-0.4, -0.2) is 98.9 Å². The van der Waals surface area contributed by atoms with Crippen molar-refractivity contribution in [2.45, 2.75) is 67.1 Å². The molecule has 5 heterocycles. The number of carbonyl (C=O) groups is 3. The van der Waals surface area contributed by atoms with Gasteiger partial charge in [0.1, 0.15) is 17.8 Å². The first kappa shape index (κ1) is 24.2. The quantitative estimate of drug-likeness (QED) is 0.144. The molecule has 1 aliphatic carbocycles. The molecule has 1 aromatic carbocycles. The third-order valence-electron chi connectivity index (χ3n) is 9.22. The summed E-state index contributed by atoms with van der Waals surface area (Å²) in [5.41, 5.74) is 12.1. The van der Waals surface area contributed by atoms with Crippen LogP contribution in [0.25, 0.3) is 0 Å². The maximum Gasteiger partial charge on any atom is 0.343 e. The van der Waals surface area contributed by atoms with E-state index >= 15 is 0 Å². The topological polar surface area (TPSA) is 210 Å². The Kier molecular flexibility index (Phi) is 4.84. The molecule has 7 rings (SSSR count). The molecule has 1 saturated carbocycles. The number of hydrogen-bond donors (Lipinski definition) is 7. The van der Waals surface area contributed by atoms with E-state index in [-0.39, 0.29) is 55.1 Å². The second-order valence-electron chi connectivity index (χ2n) is 11.3. The molecule has 14 nitrogen and oxygen atoms in total. The molecule has 5 aliphatic heterocycles. The number of nitrogens with one attached hydrogen (secondary N) is 3. The van der Waals surface area contributed by atoms with Gasteiger partial charge >= 0.3 is 5.96 Å². The summed E-state index contributed by atoms with van der Waals surface area (Å²) in [6.07, 6.45) is 3.24. The van der Waals surface area contributed by atoms with Gasteiger partial charge in [0.25, 0.3) is 11.6 Å². The Hall–Kier alpha value is -3.91. The molecule has 14 heteroatoms. The van der Waals surface area contributed by atoms with Crippen molar-refractivity contribution >= 4 is 29.6 Å². The lowest BCUT2D eigenvalue weighted by molar-refractivity contribution is -0.521. The lowest BCUT2D eigenvalue weighted by atomic mass is 9.84. The highest BCUT2D eigenvalue weighted by molar-refractivity contribution is 6.02. The number of guanidine groups is 2. The first-order valence-electron chi connectivity index (χ1n) is 13.2. The highest BCUT2D eigenvalue weighted by Crippen LogP contribution is 2.56. The van der Waals surface area contributed by atoms with E-state index in [4.69, 9.17) is 16.2 Å². The lowest BCUT2D eigenvalue weighted by Gasteiger charge is -2.46. The lowest BCUT2D eigenvalue weighted by Crippen LogP contribution is -2.90. The molecule has 39 heavy (non-hydrogen) atoms. The van der Waals surface area contributed by atoms with Crippen molar-refractivity contribution in [2.75, 3.05) is 19.7 Å². The maximum atomic E-state index is 13.6. The molecule has 2 saturated heterocycles. The smallest absolute Gasteiger partial charge is 0.343 e. The highest BCUT2D eigenvalue weighted by atomic mass is 16.5. The predicted octanol–water partition coefficient (Wildman–Crippen LogP) is -4.50. The van der Waals surface area contributed by atoms with Crippen LogP contribution >= 0.6 is 0 Å². The van der Waals surface area contributed by atoms with E-state index in [1.807, 2.05) is 12.1 Å². The molecule has 0 radical (unpaired) electrons. The van der Waals surface area contributed by atoms with Gasteiger partial charge in [-0.1, -0.05) is 12.1 Å². The Bertz CT molecular complexity index is 1360. The number of benzene rings is 1. The van der Waals surface area contributed by atoms with Crippen LogP contribution in [0.2, 0.25) is 0 Å². The Morgan fingerprint density at radius 1 is 1.21 bits per heavy atom. The Balaban J connectivity index is 1.20. The number of ether oxygens (including phenoxy) is 1. The molecule has 1 aromatic rings. The third-order valence-corrected chi connectivity index (χ3v) is 9.22. The summed E-state index contributed by atoms with van der Waals surface area (Å²) in [5, 5.41) is 29.1. The standard InChI is InChI=1S/C25H30N8O6/c26-21-30-19-14(10-32-16(34)4-5-17(32)35)28-22(27)33-11-15(25(37,38)24(19,33)31-21)29-20(36)12-2-1-3-13-18(12)39-9-8-23(13)6-7-23/h1-3,14-15,19,37-38H,4-11H2,(H2,27,28)(H,29,36)(H3,26,30,31)/p+1/t14-,15?,19-,24-/m0/s1. The molecule has 2 spiro atoms. The molecule has 4 atom stereocenters. The number of para-hydroxylation sites is 1. The summed E-state index contributed by atoms with van der Waals surface area (Å²) < 4.78 is 5.92. The van der Waals surface area contributed by atoms with Gasteiger partial charge in [0, 0.05) is 23.8 Å². The first-order chi connectivity index (χ1) is 18.6. The van der Waals surface area contributed by atoms with Crippen molar-refractivity contribution in [3.63, 3.8) is 0 Å². The molecule has 0 bridgehead atoms. The summed E-state index contributed by atoms with van der Waals surface area (Å²) in [7, 11) is 0. The van der Waals surface area contributed by atoms with Crippen LogP contribution in [0.15, 0.2) is 23.2 Å². The van der Waals surface area contributed by atoms with E-state index in [9.17, 15) is 24.6 Å². The number of imide groups is 1. The summed E-state index contributed by atoms with van der Waals surface area (Å²) in [6.45, 7) is 0.313. The van der Waals surface area contributed by atoms with Gasteiger partial charge in [-0.15, -0.1) is 0 Å². The van der Waals surface area contributed by atoms with Crippen molar-refractivity contribution in [1.82, 2.24) is 20.4 Å². The van der Waals surface area contributed by atoms with Crippen LogP contribution in [0.3, 0.4) is 0 Å². The number of aliphatic imine (C=N–C) groups is 1. The average molecular weight is 540 g/mol. The fourth-order valence-corrected chi connectivity index (χ4v) is 7.01. The Morgan fingerprint density at radius 3 is 2.67 bits per heavy atom. The SMILES string of the molecule is NC1=N[C@@H](CN2C(=O)CCC2=O)[C@@H]2[NH+]=C(N)N[C@]23N1CC(NC(=O)c1cccc2c1OCCC21CC1)C3(O)O. The number of amides is 3. The second kappa shape index (κ2) is 7.82. The molecule has 9 N–H and O–H groups in total. The zero-order valence-electron chi connectivity index (χ0n) is 21.1. The number of hydrogen-bond acceptors (Lipinski definition) is 11. The first-order valence-corrected chi connectivity index (χ1v) is 13.2. The van der Waals surface area contributed by atoms with E-state index in [0.717, 1.165) is 29.7 Å². The summed E-state index contributed by atoms with van der Waals surface area (Å²) in [5.74, 6) is -3.24. The van der Waals surface area contributed by atoms with Gasteiger partial charge in [-0.25, -0.2) is 10.3 Å². The van der Waals surface area contributed by atoms with Crippen molar-refractivity contribution in [2.24, 2.45) is 16.5 Å². The van der Waals surface area contributed by atoms with Crippen molar-refractivity contribution in [3.8, 4) is 5.75 Å². The van der Waals surface area contributed by atoms with E-state index < -0.39 is 35.5 Å². The normalized spacial score (nSPS) is 33.0. The van der Waals surface area contributed by atoms with Crippen LogP contribution in [0.4, 0.5) is 0 Å². The van der Waals surface area contributed by atoms with E-state index in [1.54, 1.807) is 6.07 Å². The maximum absolute atomic E-state index is 13.6. The summed E-state index contributed by atoms with van der Waals surface area (Å²) >= 11 is 0. The Labute approximate surface area is 223 Å². The minimum Gasteiger partial charge on any atom is -0.492 e. The van der Waals surface area contributed by atoms with Crippen LogP contribution in [-0.2, 0) is 15.0 Å². The molecule has 206 valence electrons. The van der Waals surface area contributed by atoms with Crippen molar-refractivity contribution in [1.29, 1.82) is 0 Å². The van der Waals surface area contributed by atoms with Crippen LogP contribution in [0.5, 0.6) is 5.75 Å². The van der Waals surface area contributed by atoms with Crippen LogP contribution in [0, 0.1) is 0 Å². The zero-order valence-corrected chi connectivity index (χ0v) is 21.1. The number of rotatable bonds is 4. The number of likely N-dealkylation sites (tertiary alicyclic amines) is 1. The highest BCUT2D eigenvalue weighted by Gasteiger charge is 2.76. The molecular weight excluding hydrogens is 508 g/mol. The van der Waals surface area contributed by atoms with Gasteiger partial charge in [0.15, 0.2) is 12.0 Å². The number of carbonyl (C=O) groups excluding carboxylic acids is 3. The average Bonchev–Trinajstić information content (AvgIpc) is 3.38. The Morgan fingerprint density at radius 2 is 1.95 bits per heavy atom. The van der Waals surface area contributed by atoms with E-state index in [0.29, 0.717) is 17.9 Å². The van der Waals surface area contributed by atoms with Gasteiger partial charge < -0.3 is 26.0 Å². The van der Waals surface area contributed by atoms with Gasteiger partial charge in [-0.2, -0.15) is 0 Å².